The molecule has 1 aliphatic carbocycles. The van der Waals surface area contributed by atoms with E-state index in [4.69, 9.17) is 4.74 Å². The van der Waals surface area contributed by atoms with Gasteiger partial charge in [0.1, 0.15) is 0 Å². The van der Waals surface area contributed by atoms with Gasteiger partial charge in [0.15, 0.2) is 0 Å². The summed E-state index contributed by atoms with van der Waals surface area (Å²) in [6.45, 7) is 5.37. The molecule has 3 unspecified atom stereocenters. The Morgan fingerprint density at radius 2 is 1.70 bits per heavy atom. The zero-order valence-corrected chi connectivity index (χ0v) is 17.2. The minimum atomic E-state index is -0.121. The lowest BCUT2D eigenvalue weighted by Crippen LogP contribution is -2.32. The van der Waals surface area contributed by atoms with Crippen LogP contribution in [0.25, 0.3) is 0 Å². The number of carbonyl (C=O) groups excluding carboxylic acids is 3. The van der Waals surface area contributed by atoms with Gasteiger partial charge in [-0.05, 0) is 38.0 Å². The molecule has 5 nitrogen and oxygen atoms in total. The summed E-state index contributed by atoms with van der Waals surface area (Å²) in [7, 11) is 0. The molecule has 1 aliphatic heterocycles. The maximum Gasteiger partial charge on any atom is 0.305 e. The number of hydrogen-bond acceptors (Lipinski definition) is 4. The number of imide groups is 1. The van der Waals surface area contributed by atoms with E-state index in [9.17, 15) is 14.4 Å². The van der Waals surface area contributed by atoms with Gasteiger partial charge in [-0.1, -0.05) is 52.4 Å². The first-order valence-corrected chi connectivity index (χ1v) is 11.1. The molecule has 0 aromatic carbocycles. The summed E-state index contributed by atoms with van der Waals surface area (Å²) in [6, 6.07) is 0. The van der Waals surface area contributed by atoms with Crippen LogP contribution in [-0.2, 0) is 19.1 Å². The molecule has 1 saturated carbocycles. The maximum atomic E-state index is 12.4. The van der Waals surface area contributed by atoms with Crippen LogP contribution in [0.15, 0.2) is 0 Å². The molecule has 0 aromatic heterocycles. The standard InChI is InChI=1S/C22H37NO4/c1-3-5-11-17(4-2)16-27-20(24)14-7-6-10-15-23-21(25)18-12-8-9-13-19(18)22(23)26/h17-19H,3-16H2,1-2H3. The minimum absolute atomic E-state index is 0.0433. The molecule has 3 atom stereocenters. The molecule has 0 radical (unpaired) electrons. The van der Waals surface area contributed by atoms with Crippen LogP contribution in [0.2, 0.25) is 0 Å². The highest BCUT2D eigenvalue weighted by molar-refractivity contribution is 6.05. The van der Waals surface area contributed by atoms with Crippen LogP contribution in [0.4, 0.5) is 0 Å². The first kappa shape index (κ1) is 21.9. The molecule has 0 spiro atoms. The molecule has 1 saturated heterocycles. The van der Waals surface area contributed by atoms with Crippen molar-refractivity contribution in [3.8, 4) is 0 Å². The summed E-state index contributed by atoms with van der Waals surface area (Å²) in [5.41, 5.74) is 0. The summed E-state index contributed by atoms with van der Waals surface area (Å²) in [4.78, 5) is 38.2. The molecular weight excluding hydrogens is 342 g/mol. The zero-order chi connectivity index (χ0) is 19.6. The fraction of sp³-hybridized carbons (Fsp3) is 0.864. The van der Waals surface area contributed by atoms with Crippen molar-refractivity contribution in [2.24, 2.45) is 17.8 Å². The lowest BCUT2D eigenvalue weighted by atomic mass is 9.81. The smallest absolute Gasteiger partial charge is 0.305 e. The van der Waals surface area contributed by atoms with Crippen LogP contribution in [0.5, 0.6) is 0 Å². The van der Waals surface area contributed by atoms with Gasteiger partial charge in [-0.3, -0.25) is 19.3 Å². The molecule has 2 amide bonds. The number of ether oxygens (including phenoxy) is 1. The van der Waals surface area contributed by atoms with E-state index < -0.39 is 0 Å². The van der Waals surface area contributed by atoms with E-state index in [1.54, 1.807) is 0 Å². The van der Waals surface area contributed by atoms with Gasteiger partial charge in [0.05, 0.1) is 18.4 Å². The Morgan fingerprint density at radius 3 is 2.30 bits per heavy atom. The highest BCUT2D eigenvalue weighted by Gasteiger charge is 2.47. The van der Waals surface area contributed by atoms with Crippen molar-refractivity contribution in [2.75, 3.05) is 13.2 Å². The minimum Gasteiger partial charge on any atom is -0.465 e. The molecule has 27 heavy (non-hydrogen) atoms. The number of esters is 1. The van der Waals surface area contributed by atoms with Gasteiger partial charge >= 0.3 is 5.97 Å². The second-order valence-electron chi connectivity index (χ2n) is 8.24. The molecule has 0 aromatic rings. The van der Waals surface area contributed by atoms with Gasteiger partial charge in [0.2, 0.25) is 11.8 Å². The molecule has 5 heteroatoms. The Kier molecular flexibility index (Phi) is 9.29. The van der Waals surface area contributed by atoms with Gasteiger partial charge in [0, 0.05) is 13.0 Å². The number of likely N-dealkylation sites (tertiary alicyclic amines) is 1. The zero-order valence-electron chi connectivity index (χ0n) is 17.2. The topological polar surface area (TPSA) is 63.7 Å². The van der Waals surface area contributed by atoms with Gasteiger partial charge < -0.3 is 4.74 Å². The monoisotopic (exact) mass is 379 g/mol. The number of rotatable bonds is 12. The Morgan fingerprint density at radius 1 is 1.04 bits per heavy atom. The van der Waals surface area contributed by atoms with Crippen molar-refractivity contribution in [1.82, 2.24) is 4.90 Å². The number of carbonyl (C=O) groups is 3. The third kappa shape index (κ3) is 6.32. The molecule has 0 N–H and O–H groups in total. The van der Waals surface area contributed by atoms with Crippen LogP contribution < -0.4 is 0 Å². The van der Waals surface area contributed by atoms with Crippen molar-refractivity contribution in [3.05, 3.63) is 0 Å². The summed E-state index contributed by atoms with van der Waals surface area (Å²) >= 11 is 0. The van der Waals surface area contributed by atoms with Crippen molar-refractivity contribution in [1.29, 1.82) is 0 Å². The van der Waals surface area contributed by atoms with Crippen LogP contribution in [-0.4, -0.2) is 35.8 Å². The van der Waals surface area contributed by atoms with Crippen LogP contribution in [0.3, 0.4) is 0 Å². The van der Waals surface area contributed by atoms with Crippen molar-refractivity contribution in [2.45, 2.75) is 90.9 Å². The summed E-state index contributed by atoms with van der Waals surface area (Å²) in [5, 5.41) is 0. The lowest BCUT2D eigenvalue weighted by Gasteiger charge is -2.19. The van der Waals surface area contributed by atoms with Crippen molar-refractivity contribution < 1.29 is 19.1 Å². The molecule has 0 bridgehead atoms. The summed E-state index contributed by atoms with van der Waals surface area (Å²) < 4.78 is 5.41. The highest BCUT2D eigenvalue weighted by atomic mass is 16.5. The number of amides is 2. The van der Waals surface area contributed by atoms with Crippen LogP contribution >= 0.6 is 0 Å². The Balaban J connectivity index is 1.58. The molecular formula is C22H37NO4. The second kappa shape index (κ2) is 11.5. The molecule has 154 valence electrons. The van der Waals surface area contributed by atoms with Crippen molar-refractivity contribution in [3.63, 3.8) is 0 Å². The number of fused-ring (bicyclic) bond motifs is 1. The molecule has 2 rings (SSSR count). The Bertz CT molecular complexity index is 481. The van der Waals surface area contributed by atoms with E-state index in [2.05, 4.69) is 13.8 Å². The normalized spacial score (nSPS) is 23.4. The first-order valence-electron chi connectivity index (χ1n) is 11.1. The average molecular weight is 380 g/mol. The highest BCUT2D eigenvalue weighted by Crippen LogP contribution is 2.38. The third-order valence-electron chi connectivity index (χ3n) is 6.22. The van der Waals surface area contributed by atoms with Crippen LogP contribution in [0.1, 0.15) is 90.9 Å². The largest absolute Gasteiger partial charge is 0.465 e. The predicted octanol–water partition coefficient (Wildman–Crippen LogP) is 4.48. The van der Waals surface area contributed by atoms with E-state index >= 15 is 0 Å². The SMILES string of the molecule is CCCCC(CC)COC(=O)CCCCCN1C(=O)C2CCCCC2C1=O. The fourth-order valence-electron chi connectivity index (χ4n) is 4.35. The molecule has 2 aliphatic rings. The van der Waals surface area contributed by atoms with Gasteiger partial charge in [-0.2, -0.15) is 0 Å². The second-order valence-corrected chi connectivity index (χ2v) is 8.24. The molecule has 2 fully saturated rings. The quantitative estimate of drug-likeness (QED) is 0.285. The maximum absolute atomic E-state index is 12.4. The fourth-order valence-corrected chi connectivity index (χ4v) is 4.35. The van der Waals surface area contributed by atoms with Gasteiger partial charge in [-0.15, -0.1) is 0 Å². The Hall–Kier alpha value is -1.39. The van der Waals surface area contributed by atoms with E-state index in [0.29, 0.717) is 25.5 Å². The third-order valence-corrected chi connectivity index (χ3v) is 6.22. The number of hydrogen-bond donors (Lipinski definition) is 0. The first-order chi connectivity index (χ1) is 13.1. The van der Waals surface area contributed by atoms with E-state index in [1.165, 1.54) is 17.7 Å². The predicted molar refractivity (Wildman–Crippen MR) is 105 cm³/mol. The Labute approximate surface area is 164 Å². The lowest BCUT2D eigenvalue weighted by molar-refractivity contribution is -0.145. The average Bonchev–Trinajstić information content (AvgIpc) is 2.93. The van der Waals surface area contributed by atoms with Crippen LogP contribution in [0, 0.1) is 17.8 Å². The van der Waals surface area contributed by atoms with Crippen molar-refractivity contribution >= 4 is 17.8 Å². The van der Waals surface area contributed by atoms with Gasteiger partial charge in [-0.25, -0.2) is 0 Å². The van der Waals surface area contributed by atoms with Gasteiger partial charge in [0.25, 0.3) is 0 Å². The number of unbranched alkanes of at least 4 members (excludes halogenated alkanes) is 3. The molecule has 1 heterocycles. The summed E-state index contributed by atoms with van der Waals surface area (Å²) in [6.07, 6.45) is 11.2. The van der Waals surface area contributed by atoms with E-state index in [1.807, 2.05) is 0 Å². The van der Waals surface area contributed by atoms with E-state index in [0.717, 1.165) is 57.8 Å². The van der Waals surface area contributed by atoms with E-state index in [-0.39, 0.29) is 29.6 Å². The summed E-state index contributed by atoms with van der Waals surface area (Å²) in [5.74, 6) is 0.332. The number of nitrogens with zero attached hydrogens (tertiary/aromatic N) is 1.